The van der Waals surface area contributed by atoms with E-state index >= 15 is 0 Å². The van der Waals surface area contributed by atoms with Gasteiger partial charge in [-0.3, -0.25) is 9.36 Å². The summed E-state index contributed by atoms with van der Waals surface area (Å²) in [6.07, 6.45) is -7.17. The summed E-state index contributed by atoms with van der Waals surface area (Å²) in [5.74, 6) is -6.19. The van der Waals surface area contributed by atoms with Gasteiger partial charge >= 0.3 is 16.3 Å². The average Bonchev–Trinajstić information content (AvgIpc) is 3.33. The van der Waals surface area contributed by atoms with Crippen LogP contribution in [0.4, 0.5) is 26.3 Å². The second-order valence-electron chi connectivity index (χ2n) is 9.87. The third-order valence-corrected chi connectivity index (χ3v) is 7.78. The number of alkyl halides is 5. The highest BCUT2D eigenvalue weighted by molar-refractivity contribution is 7.87. The Morgan fingerprint density at radius 2 is 1.81 bits per heavy atom. The van der Waals surface area contributed by atoms with E-state index in [2.05, 4.69) is 10.3 Å². The highest BCUT2D eigenvalue weighted by atomic mass is 32.2. The highest BCUT2D eigenvalue weighted by Gasteiger charge is 2.36. The quantitative estimate of drug-likeness (QED) is 0.251. The molecule has 0 unspecified atom stereocenters. The molecular formula is C27H24F6N4O5S. The number of amides is 1. The molecule has 3 aromatic rings. The first-order valence-electron chi connectivity index (χ1n) is 12.8. The van der Waals surface area contributed by atoms with Gasteiger partial charge in [0.1, 0.15) is 17.4 Å². The van der Waals surface area contributed by atoms with Crippen LogP contribution in [0.3, 0.4) is 0 Å². The minimum absolute atomic E-state index is 0.00350. The van der Waals surface area contributed by atoms with E-state index in [-0.39, 0.29) is 52.6 Å². The summed E-state index contributed by atoms with van der Waals surface area (Å²) in [7, 11) is -4.60. The molecule has 1 aromatic heterocycles. The maximum Gasteiger partial charge on any atom is 0.390 e. The van der Waals surface area contributed by atoms with Gasteiger partial charge in [0.2, 0.25) is 5.92 Å². The summed E-state index contributed by atoms with van der Waals surface area (Å²) in [5, 5.41) is 22.2. The minimum atomic E-state index is -4.72. The number of aliphatic hydroxyl groups excluding tert-OH is 1. The molecule has 0 aliphatic heterocycles. The van der Waals surface area contributed by atoms with E-state index in [1.54, 1.807) is 6.07 Å². The fourth-order valence-corrected chi connectivity index (χ4v) is 5.52. The molecule has 43 heavy (non-hydrogen) atoms. The Morgan fingerprint density at radius 1 is 1.16 bits per heavy atom. The SMILES string of the molecule is N#Cc1cc(F)cc(-c2nc(C(=O)NC3CCC(F)(F)CC3)c(CO)n2-c2ccc(OS(=O)(=O)CCC(F)(F)F)cc2)c1. The Labute approximate surface area is 241 Å². The average molecular weight is 631 g/mol. The Hall–Kier alpha value is -4.10. The van der Waals surface area contributed by atoms with Crippen molar-refractivity contribution in [3.05, 3.63) is 65.2 Å². The van der Waals surface area contributed by atoms with E-state index in [1.165, 1.54) is 22.8 Å². The van der Waals surface area contributed by atoms with Gasteiger partial charge < -0.3 is 14.6 Å². The smallest absolute Gasteiger partial charge is 0.390 e. The van der Waals surface area contributed by atoms with Crippen LogP contribution in [0.1, 0.15) is 53.8 Å². The molecule has 0 atom stereocenters. The van der Waals surface area contributed by atoms with Gasteiger partial charge in [0, 0.05) is 30.1 Å². The molecule has 1 fully saturated rings. The molecule has 1 aliphatic carbocycles. The van der Waals surface area contributed by atoms with Crippen LogP contribution in [-0.4, -0.2) is 52.9 Å². The van der Waals surface area contributed by atoms with Crippen molar-refractivity contribution in [3.8, 4) is 28.9 Å². The van der Waals surface area contributed by atoms with Crippen LogP contribution in [0.5, 0.6) is 5.75 Å². The predicted octanol–water partition coefficient (Wildman–Crippen LogP) is 5.01. The van der Waals surface area contributed by atoms with Gasteiger partial charge in [-0.25, -0.2) is 18.2 Å². The van der Waals surface area contributed by atoms with Gasteiger partial charge in [-0.05, 0) is 55.3 Å². The van der Waals surface area contributed by atoms with E-state index in [4.69, 9.17) is 4.18 Å². The third-order valence-electron chi connectivity index (χ3n) is 6.63. The molecule has 0 spiro atoms. The molecule has 0 bridgehead atoms. The molecule has 0 saturated heterocycles. The summed E-state index contributed by atoms with van der Waals surface area (Å²) in [6.45, 7) is -0.789. The minimum Gasteiger partial charge on any atom is -0.390 e. The Morgan fingerprint density at radius 3 is 2.40 bits per heavy atom. The maximum atomic E-state index is 14.4. The van der Waals surface area contributed by atoms with Crippen LogP contribution in [0.25, 0.3) is 17.1 Å². The van der Waals surface area contributed by atoms with Crippen LogP contribution < -0.4 is 9.50 Å². The first-order chi connectivity index (χ1) is 20.1. The lowest BCUT2D eigenvalue weighted by atomic mass is 9.92. The lowest BCUT2D eigenvalue weighted by Crippen LogP contribution is -2.40. The second kappa shape index (κ2) is 12.3. The van der Waals surface area contributed by atoms with E-state index in [0.29, 0.717) is 0 Å². The zero-order chi connectivity index (χ0) is 31.6. The number of nitrogens with zero attached hydrogens (tertiary/aromatic N) is 3. The number of carbonyl (C=O) groups excluding carboxylic acids is 1. The van der Waals surface area contributed by atoms with Crippen LogP contribution in [0.15, 0.2) is 42.5 Å². The summed E-state index contributed by atoms with van der Waals surface area (Å²) in [5.41, 5.74) is -0.337. The second-order valence-corrected chi connectivity index (χ2v) is 11.6. The van der Waals surface area contributed by atoms with Gasteiger partial charge in [0.05, 0.1) is 36.1 Å². The normalized spacial score (nSPS) is 15.6. The summed E-state index contributed by atoms with van der Waals surface area (Å²) in [6, 6.07) is 9.20. The molecule has 16 heteroatoms. The summed E-state index contributed by atoms with van der Waals surface area (Å²) in [4.78, 5) is 17.5. The first-order valence-corrected chi connectivity index (χ1v) is 14.4. The number of imidazole rings is 1. The van der Waals surface area contributed by atoms with E-state index < -0.39 is 71.6 Å². The molecule has 1 aliphatic rings. The van der Waals surface area contributed by atoms with Crippen LogP contribution in [0, 0.1) is 17.1 Å². The van der Waals surface area contributed by atoms with E-state index in [9.17, 15) is 49.9 Å². The first kappa shape index (κ1) is 31.8. The number of hydrogen-bond acceptors (Lipinski definition) is 7. The number of rotatable bonds is 9. The van der Waals surface area contributed by atoms with Crippen molar-refractivity contribution < 1.29 is 48.8 Å². The lowest BCUT2D eigenvalue weighted by Gasteiger charge is -2.28. The molecular weight excluding hydrogens is 606 g/mol. The number of aromatic nitrogens is 2. The molecule has 2 aromatic carbocycles. The van der Waals surface area contributed by atoms with E-state index in [1.807, 2.05) is 0 Å². The number of benzene rings is 2. The molecule has 9 nitrogen and oxygen atoms in total. The maximum absolute atomic E-state index is 14.4. The van der Waals surface area contributed by atoms with Gasteiger partial charge in [-0.2, -0.15) is 26.9 Å². The molecule has 1 heterocycles. The zero-order valence-corrected chi connectivity index (χ0v) is 23.0. The van der Waals surface area contributed by atoms with E-state index in [0.717, 1.165) is 24.3 Å². The van der Waals surface area contributed by atoms with Crippen molar-refractivity contribution in [1.82, 2.24) is 14.9 Å². The molecule has 2 N–H and O–H groups in total. The Bertz CT molecular complexity index is 1640. The number of hydrogen-bond donors (Lipinski definition) is 2. The van der Waals surface area contributed by atoms with Crippen LogP contribution in [-0.2, 0) is 16.7 Å². The van der Waals surface area contributed by atoms with Gasteiger partial charge in [0.25, 0.3) is 5.91 Å². The molecule has 230 valence electrons. The molecule has 0 radical (unpaired) electrons. The topological polar surface area (TPSA) is 134 Å². The Kier molecular flexibility index (Phi) is 9.07. The van der Waals surface area contributed by atoms with Gasteiger partial charge in [-0.15, -0.1) is 0 Å². The number of carbonyl (C=O) groups is 1. The van der Waals surface area contributed by atoms with Gasteiger partial charge in [-0.1, -0.05) is 0 Å². The van der Waals surface area contributed by atoms with Crippen molar-refractivity contribution in [2.45, 2.75) is 56.9 Å². The number of halogens is 6. The summed E-state index contributed by atoms with van der Waals surface area (Å²) < 4.78 is 109. The van der Waals surface area contributed by atoms with Gasteiger partial charge in [0.15, 0.2) is 5.69 Å². The van der Waals surface area contributed by atoms with Crippen molar-refractivity contribution in [2.24, 2.45) is 0 Å². The third kappa shape index (κ3) is 8.05. The lowest BCUT2D eigenvalue weighted by molar-refractivity contribution is -0.130. The predicted molar refractivity (Wildman–Crippen MR) is 139 cm³/mol. The standard InChI is InChI=1S/C27H24F6N4O5S/c28-18-12-16(14-34)11-17(13-18)24-36-23(25(39)35-19-5-7-26(29,30)8-6-19)22(15-38)37(24)20-1-3-21(4-2-20)42-43(40,41)10-9-27(31,32)33/h1-4,11-13,19,38H,5-10,15H2,(H,35,39). The van der Waals surface area contributed by atoms with Crippen LogP contribution in [0.2, 0.25) is 0 Å². The van der Waals surface area contributed by atoms with Crippen molar-refractivity contribution in [3.63, 3.8) is 0 Å². The molecule has 4 rings (SSSR count). The number of nitrogens with one attached hydrogen (secondary N) is 1. The fourth-order valence-electron chi connectivity index (χ4n) is 4.55. The Balaban J connectivity index is 1.72. The van der Waals surface area contributed by atoms with Crippen molar-refractivity contribution in [2.75, 3.05) is 5.75 Å². The van der Waals surface area contributed by atoms with Crippen molar-refractivity contribution >= 4 is 16.0 Å². The van der Waals surface area contributed by atoms with Crippen molar-refractivity contribution in [1.29, 1.82) is 5.26 Å². The monoisotopic (exact) mass is 630 g/mol. The number of nitriles is 1. The molecule has 1 saturated carbocycles. The highest BCUT2D eigenvalue weighted by Crippen LogP contribution is 2.34. The molecule has 1 amide bonds. The van der Waals surface area contributed by atoms with Crippen LogP contribution >= 0.6 is 0 Å². The summed E-state index contributed by atoms with van der Waals surface area (Å²) >= 11 is 0. The zero-order valence-electron chi connectivity index (χ0n) is 22.2. The number of aliphatic hydroxyl groups is 1. The largest absolute Gasteiger partial charge is 0.390 e. The fraction of sp³-hybridized carbons (Fsp3) is 0.370.